The zero-order valence-electron chi connectivity index (χ0n) is 15.4. The van der Waals surface area contributed by atoms with Gasteiger partial charge in [0.1, 0.15) is 5.54 Å². The van der Waals surface area contributed by atoms with E-state index in [0.717, 1.165) is 23.1 Å². The van der Waals surface area contributed by atoms with E-state index >= 15 is 0 Å². The summed E-state index contributed by atoms with van der Waals surface area (Å²) < 4.78 is 0. The van der Waals surface area contributed by atoms with Crippen molar-refractivity contribution in [2.75, 3.05) is 0 Å². The Kier molecular flexibility index (Phi) is 5.94. The minimum Gasteiger partial charge on any atom is -0.368 e. The summed E-state index contributed by atoms with van der Waals surface area (Å²) in [7, 11) is 0. The molecule has 138 valence electrons. The lowest BCUT2D eigenvalue weighted by Crippen LogP contribution is -2.54. The fourth-order valence-corrected chi connectivity index (χ4v) is 3.17. The number of primary amides is 1. The molecule has 0 saturated carbocycles. The van der Waals surface area contributed by atoms with E-state index in [9.17, 15) is 4.79 Å². The van der Waals surface area contributed by atoms with Crippen LogP contribution in [0.2, 0.25) is 0 Å². The largest absolute Gasteiger partial charge is 0.368 e. The molecular formula is C22H24N4O. The van der Waals surface area contributed by atoms with Gasteiger partial charge >= 0.3 is 0 Å². The lowest BCUT2D eigenvalue weighted by molar-refractivity contribution is -0.125. The molecule has 5 heteroatoms. The number of amides is 1. The second kappa shape index (κ2) is 8.56. The summed E-state index contributed by atoms with van der Waals surface area (Å²) in [6.07, 6.45) is 8.33. The maximum Gasteiger partial charge on any atom is 0.242 e. The standard InChI is InChI=1S/C22H24N4O/c1-2-17-5-7-20(8-6-17)22(21(23)27,14-19-4-3-11-25-15-19)26-16-18-9-12-24-13-10-18/h3-13,15,26H,2,14,16H2,1H3,(H2,23,27). The first-order valence-corrected chi connectivity index (χ1v) is 9.06. The predicted octanol–water partition coefficient (Wildman–Crippen LogP) is 2.75. The molecular weight excluding hydrogens is 336 g/mol. The molecule has 1 atom stereocenters. The number of hydrogen-bond donors (Lipinski definition) is 2. The van der Waals surface area contributed by atoms with E-state index in [-0.39, 0.29) is 0 Å². The predicted molar refractivity (Wildman–Crippen MR) is 106 cm³/mol. The van der Waals surface area contributed by atoms with Gasteiger partial charge in [0.05, 0.1) is 0 Å². The third kappa shape index (κ3) is 4.38. The van der Waals surface area contributed by atoms with Crippen LogP contribution >= 0.6 is 0 Å². The Balaban J connectivity index is 1.99. The average Bonchev–Trinajstić information content (AvgIpc) is 2.72. The van der Waals surface area contributed by atoms with Crippen LogP contribution in [0.1, 0.15) is 29.2 Å². The average molecular weight is 360 g/mol. The summed E-state index contributed by atoms with van der Waals surface area (Å²) in [4.78, 5) is 21.0. The highest BCUT2D eigenvalue weighted by Crippen LogP contribution is 2.27. The highest BCUT2D eigenvalue weighted by Gasteiger charge is 2.38. The van der Waals surface area contributed by atoms with Crippen molar-refractivity contribution in [2.45, 2.75) is 31.8 Å². The summed E-state index contributed by atoms with van der Waals surface area (Å²) in [5, 5.41) is 3.42. The van der Waals surface area contributed by atoms with Crippen LogP contribution in [0, 0.1) is 0 Å². The number of carbonyl (C=O) groups is 1. The van der Waals surface area contributed by atoms with Crippen LogP contribution in [-0.4, -0.2) is 15.9 Å². The van der Waals surface area contributed by atoms with E-state index in [2.05, 4.69) is 22.2 Å². The van der Waals surface area contributed by atoms with Crippen LogP contribution in [0.4, 0.5) is 0 Å². The number of nitrogens with one attached hydrogen (secondary N) is 1. The van der Waals surface area contributed by atoms with Gasteiger partial charge in [-0.05, 0) is 46.9 Å². The van der Waals surface area contributed by atoms with Gasteiger partial charge < -0.3 is 5.73 Å². The zero-order valence-corrected chi connectivity index (χ0v) is 15.4. The van der Waals surface area contributed by atoms with E-state index in [1.807, 2.05) is 48.5 Å². The molecule has 0 aliphatic carbocycles. The van der Waals surface area contributed by atoms with Crippen molar-refractivity contribution in [3.63, 3.8) is 0 Å². The number of nitrogens with zero attached hydrogens (tertiary/aromatic N) is 2. The van der Waals surface area contributed by atoms with E-state index in [4.69, 9.17) is 5.73 Å². The van der Waals surface area contributed by atoms with E-state index in [1.165, 1.54) is 5.56 Å². The molecule has 0 radical (unpaired) electrons. The van der Waals surface area contributed by atoms with Crippen molar-refractivity contribution >= 4 is 5.91 Å². The van der Waals surface area contributed by atoms with Gasteiger partial charge in [0.15, 0.2) is 0 Å². The molecule has 0 spiro atoms. The first-order chi connectivity index (χ1) is 13.1. The number of aromatic nitrogens is 2. The molecule has 3 rings (SSSR count). The molecule has 3 N–H and O–H groups in total. The Labute approximate surface area is 159 Å². The minimum atomic E-state index is -1.03. The molecule has 2 aromatic heterocycles. The Hall–Kier alpha value is -3.05. The van der Waals surface area contributed by atoms with Crippen molar-refractivity contribution in [2.24, 2.45) is 5.73 Å². The first-order valence-electron chi connectivity index (χ1n) is 9.06. The monoisotopic (exact) mass is 360 g/mol. The molecule has 1 unspecified atom stereocenters. The van der Waals surface area contributed by atoms with Crippen LogP contribution in [0.15, 0.2) is 73.3 Å². The van der Waals surface area contributed by atoms with Crippen LogP contribution in [0.3, 0.4) is 0 Å². The maximum absolute atomic E-state index is 12.7. The third-order valence-electron chi connectivity index (χ3n) is 4.81. The van der Waals surface area contributed by atoms with Crippen LogP contribution in [0.5, 0.6) is 0 Å². The molecule has 5 nitrogen and oxygen atoms in total. The lowest BCUT2D eigenvalue weighted by atomic mass is 9.82. The Morgan fingerprint density at radius 3 is 2.30 bits per heavy atom. The number of benzene rings is 1. The molecule has 1 amide bonds. The van der Waals surface area contributed by atoms with Crippen molar-refractivity contribution in [1.29, 1.82) is 0 Å². The van der Waals surface area contributed by atoms with Gasteiger partial charge in [-0.15, -0.1) is 0 Å². The van der Waals surface area contributed by atoms with E-state index < -0.39 is 11.4 Å². The first kappa shape index (κ1) is 18.7. The fraction of sp³-hybridized carbons (Fsp3) is 0.227. The molecule has 2 heterocycles. The molecule has 1 aromatic carbocycles. The van der Waals surface area contributed by atoms with E-state index in [1.54, 1.807) is 24.8 Å². The van der Waals surface area contributed by atoms with Crippen LogP contribution in [-0.2, 0) is 29.7 Å². The minimum absolute atomic E-state index is 0.412. The number of hydrogen-bond acceptors (Lipinski definition) is 4. The van der Waals surface area contributed by atoms with E-state index in [0.29, 0.717) is 13.0 Å². The van der Waals surface area contributed by atoms with Crippen molar-refractivity contribution < 1.29 is 4.79 Å². The molecule has 3 aromatic rings. The Morgan fingerprint density at radius 2 is 1.70 bits per heavy atom. The van der Waals surface area contributed by atoms with Gasteiger partial charge in [-0.3, -0.25) is 20.1 Å². The molecule has 0 fully saturated rings. The second-order valence-corrected chi connectivity index (χ2v) is 6.57. The molecule has 0 aliphatic rings. The number of aryl methyl sites for hydroxylation is 1. The maximum atomic E-state index is 12.7. The number of rotatable bonds is 8. The SMILES string of the molecule is CCc1ccc(C(Cc2cccnc2)(NCc2ccncc2)C(N)=O)cc1. The quantitative estimate of drug-likeness (QED) is 0.647. The highest BCUT2D eigenvalue weighted by molar-refractivity contribution is 5.86. The molecule has 0 saturated heterocycles. The topological polar surface area (TPSA) is 80.9 Å². The number of pyridine rings is 2. The molecule has 0 bridgehead atoms. The lowest BCUT2D eigenvalue weighted by Gasteiger charge is -2.33. The molecule has 27 heavy (non-hydrogen) atoms. The summed E-state index contributed by atoms with van der Waals surface area (Å²) >= 11 is 0. The second-order valence-electron chi connectivity index (χ2n) is 6.57. The molecule has 0 aliphatic heterocycles. The third-order valence-corrected chi connectivity index (χ3v) is 4.81. The zero-order chi connectivity index (χ0) is 19.1. The normalized spacial score (nSPS) is 13.1. The smallest absolute Gasteiger partial charge is 0.242 e. The van der Waals surface area contributed by atoms with Crippen LogP contribution < -0.4 is 11.1 Å². The Morgan fingerprint density at radius 1 is 0.963 bits per heavy atom. The van der Waals surface area contributed by atoms with Gasteiger partial charge in [-0.2, -0.15) is 0 Å². The van der Waals surface area contributed by atoms with Crippen LogP contribution in [0.25, 0.3) is 0 Å². The number of nitrogens with two attached hydrogens (primary N) is 1. The van der Waals surface area contributed by atoms with Gasteiger partial charge in [0, 0.05) is 37.8 Å². The highest BCUT2D eigenvalue weighted by atomic mass is 16.1. The van der Waals surface area contributed by atoms with Gasteiger partial charge in [0.25, 0.3) is 0 Å². The summed E-state index contributed by atoms with van der Waals surface area (Å²) in [5.74, 6) is -0.412. The van der Waals surface area contributed by atoms with Gasteiger partial charge in [-0.1, -0.05) is 37.3 Å². The van der Waals surface area contributed by atoms with Crippen molar-refractivity contribution in [3.8, 4) is 0 Å². The Bertz CT molecular complexity index is 866. The fourth-order valence-electron chi connectivity index (χ4n) is 3.17. The van der Waals surface area contributed by atoms with Gasteiger partial charge in [0.2, 0.25) is 5.91 Å². The van der Waals surface area contributed by atoms with Crippen molar-refractivity contribution in [3.05, 3.63) is 95.6 Å². The van der Waals surface area contributed by atoms with Crippen molar-refractivity contribution in [1.82, 2.24) is 15.3 Å². The van der Waals surface area contributed by atoms with Gasteiger partial charge in [-0.25, -0.2) is 0 Å². The summed E-state index contributed by atoms with van der Waals surface area (Å²) in [6, 6.07) is 15.7. The summed E-state index contributed by atoms with van der Waals surface area (Å²) in [6.45, 7) is 2.61. The number of carbonyl (C=O) groups excluding carboxylic acids is 1. The summed E-state index contributed by atoms with van der Waals surface area (Å²) in [5.41, 5.74) is 8.97.